The van der Waals surface area contributed by atoms with E-state index in [9.17, 15) is 9.18 Å². The summed E-state index contributed by atoms with van der Waals surface area (Å²) >= 11 is 1.49. The molecule has 1 aliphatic rings. The molecule has 1 fully saturated rings. The summed E-state index contributed by atoms with van der Waals surface area (Å²) in [4.78, 5) is 20.2. The molecule has 0 bridgehead atoms. The van der Waals surface area contributed by atoms with Crippen molar-refractivity contribution in [3.05, 3.63) is 53.4 Å². The number of nitrogens with zero attached hydrogens (tertiary/aromatic N) is 4. The van der Waals surface area contributed by atoms with Gasteiger partial charge in [-0.3, -0.25) is 4.79 Å². The van der Waals surface area contributed by atoms with Gasteiger partial charge in [0.2, 0.25) is 5.82 Å². The van der Waals surface area contributed by atoms with Gasteiger partial charge in [-0.15, -0.1) is 28.8 Å². The lowest BCUT2D eigenvalue weighted by molar-refractivity contribution is 0.0521. The largest absolute Gasteiger partial charge is 0.335 e. The van der Waals surface area contributed by atoms with Gasteiger partial charge in [0.1, 0.15) is 5.82 Å². The molecule has 2 aromatic heterocycles. The molecule has 1 aliphatic heterocycles. The number of carbonyl (C=O) groups is 1. The molecule has 29 heavy (non-hydrogen) atoms. The average molecular weight is 436 g/mol. The molecule has 6 nitrogen and oxygen atoms in total. The quantitative estimate of drug-likeness (QED) is 0.679. The lowest BCUT2D eigenvalue weighted by Crippen LogP contribution is -2.54. The summed E-state index contributed by atoms with van der Waals surface area (Å²) in [6.45, 7) is 5.25. The highest BCUT2D eigenvalue weighted by Gasteiger charge is 2.37. The van der Waals surface area contributed by atoms with Crippen LogP contribution in [0, 0.1) is 11.2 Å². The van der Waals surface area contributed by atoms with E-state index in [2.05, 4.69) is 23.9 Å². The number of thiophene rings is 1. The molecule has 1 saturated heterocycles. The first-order valence-electron chi connectivity index (χ1n) is 9.17. The van der Waals surface area contributed by atoms with Gasteiger partial charge in [-0.1, -0.05) is 26.0 Å². The number of piperidine rings is 1. The Labute approximate surface area is 179 Å². The number of benzene rings is 1. The summed E-state index contributed by atoms with van der Waals surface area (Å²) in [6.07, 6.45) is 0.737. The van der Waals surface area contributed by atoms with Crippen LogP contribution < -0.4 is 5.73 Å². The van der Waals surface area contributed by atoms with Gasteiger partial charge < -0.3 is 10.6 Å². The van der Waals surface area contributed by atoms with Gasteiger partial charge in [-0.2, -0.15) is 0 Å². The van der Waals surface area contributed by atoms with E-state index in [4.69, 9.17) is 5.73 Å². The van der Waals surface area contributed by atoms with Crippen LogP contribution in [0.3, 0.4) is 0 Å². The van der Waals surface area contributed by atoms with Gasteiger partial charge in [0.25, 0.3) is 5.91 Å². The zero-order valence-corrected chi connectivity index (χ0v) is 17.8. The number of aromatic nitrogens is 3. The first-order valence-corrected chi connectivity index (χ1v) is 10.0. The van der Waals surface area contributed by atoms with Gasteiger partial charge in [0.05, 0.1) is 10.6 Å². The van der Waals surface area contributed by atoms with E-state index in [0.717, 1.165) is 11.3 Å². The average Bonchev–Trinajstić information content (AvgIpc) is 3.32. The second-order valence-electron chi connectivity index (χ2n) is 7.74. The molecule has 3 heterocycles. The molecule has 9 heteroatoms. The highest BCUT2D eigenvalue weighted by molar-refractivity contribution is 7.13. The fourth-order valence-corrected chi connectivity index (χ4v) is 4.14. The third-order valence-electron chi connectivity index (χ3n) is 5.19. The van der Waals surface area contributed by atoms with Crippen molar-refractivity contribution < 1.29 is 9.18 Å². The van der Waals surface area contributed by atoms with E-state index in [0.29, 0.717) is 24.6 Å². The minimum atomic E-state index is -0.371. The minimum Gasteiger partial charge on any atom is -0.335 e. The lowest BCUT2D eigenvalue weighted by Gasteiger charge is -2.42. The van der Waals surface area contributed by atoms with Gasteiger partial charge in [-0.05, 0) is 41.5 Å². The number of halogens is 2. The van der Waals surface area contributed by atoms with E-state index in [1.165, 1.54) is 28.2 Å². The van der Waals surface area contributed by atoms with Crippen LogP contribution in [0.4, 0.5) is 4.39 Å². The van der Waals surface area contributed by atoms with Crippen LogP contribution in [-0.2, 0) is 0 Å². The number of likely N-dealkylation sites (tertiary alicyclic amines) is 1. The van der Waals surface area contributed by atoms with Crippen molar-refractivity contribution in [2.45, 2.75) is 26.3 Å². The molecular weight excluding hydrogens is 413 g/mol. The Bertz CT molecular complexity index is 1000. The number of nitrogens with two attached hydrogens (primary N) is 1. The van der Waals surface area contributed by atoms with Gasteiger partial charge >= 0.3 is 0 Å². The second-order valence-corrected chi connectivity index (χ2v) is 8.69. The van der Waals surface area contributed by atoms with E-state index < -0.39 is 0 Å². The third-order valence-corrected chi connectivity index (χ3v) is 6.06. The topological polar surface area (TPSA) is 77.0 Å². The zero-order valence-electron chi connectivity index (χ0n) is 16.2. The van der Waals surface area contributed by atoms with Crippen molar-refractivity contribution >= 4 is 29.7 Å². The normalized spacial score (nSPS) is 18.3. The van der Waals surface area contributed by atoms with Gasteiger partial charge in [0.15, 0.2) is 5.82 Å². The smallest absolute Gasteiger partial charge is 0.293 e. The Hall–Kier alpha value is -2.29. The van der Waals surface area contributed by atoms with E-state index in [1.54, 1.807) is 17.0 Å². The van der Waals surface area contributed by atoms with Crippen molar-refractivity contribution in [1.82, 2.24) is 19.7 Å². The summed E-state index contributed by atoms with van der Waals surface area (Å²) in [5.41, 5.74) is 6.54. The number of hydrogen-bond acceptors (Lipinski definition) is 5. The second kappa shape index (κ2) is 8.22. The summed E-state index contributed by atoms with van der Waals surface area (Å²) in [7, 11) is 0. The van der Waals surface area contributed by atoms with Crippen LogP contribution in [-0.4, -0.2) is 44.7 Å². The maximum absolute atomic E-state index is 13.8. The van der Waals surface area contributed by atoms with Crippen molar-refractivity contribution in [2.75, 3.05) is 13.1 Å². The van der Waals surface area contributed by atoms with Crippen LogP contribution in [0.5, 0.6) is 0 Å². The molecule has 0 radical (unpaired) electrons. The summed E-state index contributed by atoms with van der Waals surface area (Å²) < 4.78 is 15.3. The van der Waals surface area contributed by atoms with Crippen LogP contribution in [0.1, 0.15) is 30.9 Å². The van der Waals surface area contributed by atoms with Crippen molar-refractivity contribution in [3.8, 4) is 16.4 Å². The molecule has 1 unspecified atom stereocenters. The summed E-state index contributed by atoms with van der Waals surface area (Å²) in [6, 6.07) is 9.96. The standard InChI is InChI=1S/C20H22FN5OS.ClH/c1-20(2)12-25(9-8-16(20)22)19(27)17-23-18(15-7-4-10-28-15)26(24-17)14-6-3-5-13(21)11-14;/h3-7,10-11,16H,8-9,12,22H2,1-2H3;1H. The van der Waals surface area contributed by atoms with E-state index in [1.807, 2.05) is 17.5 Å². The Balaban J connectivity index is 0.00000240. The van der Waals surface area contributed by atoms with E-state index in [-0.39, 0.29) is 41.4 Å². The Morgan fingerprint density at radius 1 is 1.31 bits per heavy atom. The molecule has 3 aromatic rings. The fraction of sp³-hybridized carbons (Fsp3) is 0.350. The summed E-state index contributed by atoms with van der Waals surface area (Å²) in [5, 5.41) is 6.37. The molecule has 0 aliphatic carbocycles. The molecule has 4 rings (SSSR count). The van der Waals surface area contributed by atoms with Crippen LogP contribution >= 0.6 is 23.7 Å². The maximum atomic E-state index is 13.8. The predicted molar refractivity (Wildman–Crippen MR) is 114 cm³/mol. The molecule has 1 amide bonds. The number of rotatable bonds is 3. The number of carbonyl (C=O) groups excluding carboxylic acids is 1. The SMILES string of the molecule is CC1(C)CN(C(=O)c2nc(-c3cccs3)n(-c3cccc(F)c3)n2)CCC1N.Cl. The molecule has 0 saturated carbocycles. The number of hydrogen-bond donors (Lipinski definition) is 1. The molecule has 0 spiro atoms. The fourth-order valence-electron chi connectivity index (χ4n) is 3.44. The Morgan fingerprint density at radius 2 is 2.10 bits per heavy atom. The van der Waals surface area contributed by atoms with Crippen LogP contribution in [0.15, 0.2) is 41.8 Å². The molecule has 154 valence electrons. The molecule has 2 N–H and O–H groups in total. The van der Waals surface area contributed by atoms with Crippen LogP contribution in [0.2, 0.25) is 0 Å². The highest BCUT2D eigenvalue weighted by atomic mass is 35.5. The van der Waals surface area contributed by atoms with Crippen molar-refractivity contribution in [1.29, 1.82) is 0 Å². The summed E-state index contributed by atoms with van der Waals surface area (Å²) in [5.74, 6) is 0.0357. The minimum absolute atomic E-state index is 0. The van der Waals surface area contributed by atoms with Crippen LogP contribution in [0.25, 0.3) is 16.4 Å². The zero-order chi connectivity index (χ0) is 19.9. The monoisotopic (exact) mass is 435 g/mol. The molecular formula is C20H23ClFN5OS. The number of amides is 1. The first kappa shape index (κ1) is 21.4. The Morgan fingerprint density at radius 3 is 2.76 bits per heavy atom. The predicted octanol–water partition coefficient (Wildman–Crippen LogP) is 3.76. The van der Waals surface area contributed by atoms with Gasteiger partial charge in [0, 0.05) is 19.1 Å². The highest BCUT2D eigenvalue weighted by Crippen LogP contribution is 2.30. The maximum Gasteiger partial charge on any atom is 0.293 e. The lowest BCUT2D eigenvalue weighted by atomic mass is 9.79. The van der Waals surface area contributed by atoms with E-state index >= 15 is 0 Å². The molecule has 1 atom stereocenters. The first-order chi connectivity index (χ1) is 13.3. The third kappa shape index (κ3) is 4.19. The molecule has 1 aromatic carbocycles. The van der Waals surface area contributed by atoms with Gasteiger partial charge in [-0.25, -0.2) is 14.1 Å². The van der Waals surface area contributed by atoms with Crippen molar-refractivity contribution in [2.24, 2.45) is 11.1 Å². The Kier molecular flexibility index (Phi) is 6.07. The van der Waals surface area contributed by atoms with Crippen molar-refractivity contribution in [3.63, 3.8) is 0 Å².